The summed E-state index contributed by atoms with van der Waals surface area (Å²) in [6.07, 6.45) is 4.48. The summed E-state index contributed by atoms with van der Waals surface area (Å²) in [6, 6.07) is 11.9. The van der Waals surface area contributed by atoms with E-state index in [1.54, 1.807) is 18.3 Å². The van der Waals surface area contributed by atoms with Gasteiger partial charge in [0.1, 0.15) is 5.82 Å². The van der Waals surface area contributed by atoms with E-state index < -0.39 is 0 Å². The Morgan fingerprint density at radius 3 is 2.52 bits per heavy atom. The van der Waals surface area contributed by atoms with Gasteiger partial charge in [0.05, 0.1) is 5.92 Å². The zero-order valence-corrected chi connectivity index (χ0v) is 17.5. The van der Waals surface area contributed by atoms with Crippen molar-refractivity contribution < 1.29 is 9.18 Å². The fourth-order valence-electron chi connectivity index (χ4n) is 4.04. The lowest BCUT2D eigenvalue weighted by atomic mass is 9.92. The van der Waals surface area contributed by atoms with Gasteiger partial charge in [-0.25, -0.2) is 4.39 Å². The van der Waals surface area contributed by atoms with E-state index in [1.165, 1.54) is 12.1 Å². The topological polar surface area (TPSA) is 45.2 Å². The Labute approximate surface area is 173 Å². The molecule has 1 fully saturated rings. The van der Waals surface area contributed by atoms with E-state index in [-0.39, 0.29) is 17.6 Å². The van der Waals surface area contributed by atoms with Crippen molar-refractivity contribution in [3.63, 3.8) is 0 Å². The minimum Gasteiger partial charge on any atom is -0.355 e. The molecule has 1 aliphatic heterocycles. The first-order valence-electron chi connectivity index (χ1n) is 10.7. The lowest BCUT2D eigenvalue weighted by Crippen LogP contribution is -2.41. The maximum atomic E-state index is 13.4. The van der Waals surface area contributed by atoms with Gasteiger partial charge in [-0.2, -0.15) is 0 Å². The number of nitrogens with one attached hydrogen (secondary N) is 1. The predicted molar refractivity (Wildman–Crippen MR) is 114 cm³/mol. The zero-order chi connectivity index (χ0) is 20.6. The fourth-order valence-corrected chi connectivity index (χ4v) is 4.04. The van der Waals surface area contributed by atoms with E-state index >= 15 is 0 Å². The molecule has 0 spiro atoms. The number of amides is 1. The van der Waals surface area contributed by atoms with E-state index in [2.05, 4.69) is 29.0 Å². The van der Waals surface area contributed by atoms with E-state index in [0.717, 1.165) is 43.7 Å². The van der Waals surface area contributed by atoms with Crippen LogP contribution in [0.2, 0.25) is 0 Å². The Kier molecular flexibility index (Phi) is 7.76. The van der Waals surface area contributed by atoms with Crippen LogP contribution >= 0.6 is 0 Å². The highest BCUT2D eigenvalue weighted by Crippen LogP contribution is 2.22. The molecule has 2 aromatic rings. The van der Waals surface area contributed by atoms with Crippen molar-refractivity contribution in [3.05, 3.63) is 65.7 Å². The van der Waals surface area contributed by atoms with Crippen LogP contribution in [-0.2, 0) is 11.2 Å². The van der Waals surface area contributed by atoms with Gasteiger partial charge in [0.25, 0.3) is 0 Å². The highest BCUT2D eigenvalue weighted by molar-refractivity contribution is 5.83. The SMILES string of the molecule is CC(C)CN1CCC(CNC(=O)C(Cc2ccccn2)c2ccc(F)cc2)CC1. The minimum absolute atomic E-state index is 0.00753. The van der Waals surface area contributed by atoms with Crippen molar-refractivity contribution in [1.82, 2.24) is 15.2 Å². The van der Waals surface area contributed by atoms with Crippen LogP contribution in [0.3, 0.4) is 0 Å². The lowest BCUT2D eigenvalue weighted by Gasteiger charge is -2.33. The van der Waals surface area contributed by atoms with Crippen molar-refractivity contribution >= 4 is 5.91 Å². The number of likely N-dealkylation sites (tertiary alicyclic amines) is 1. The molecule has 0 aliphatic carbocycles. The smallest absolute Gasteiger partial charge is 0.227 e. The maximum absolute atomic E-state index is 13.4. The normalized spacial score (nSPS) is 16.7. The number of rotatable bonds is 8. The monoisotopic (exact) mass is 397 g/mol. The highest BCUT2D eigenvalue weighted by atomic mass is 19.1. The predicted octanol–water partition coefficient (Wildman–Crippen LogP) is 4.03. The summed E-state index contributed by atoms with van der Waals surface area (Å²) in [5.41, 5.74) is 1.68. The molecule has 1 aromatic carbocycles. The molecule has 1 atom stereocenters. The Balaban J connectivity index is 1.59. The molecule has 0 saturated carbocycles. The zero-order valence-electron chi connectivity index (χ0n) is 17.5. The molecule has 5 heteroatoms. The molecule has 0 radical (unpaired) electrons. The molecule has 1 N–H and O–H groups in total. The van der Waals surface area contributed by atoms with Crippen LogP contribution in [0.25, 0.3) is 0 Å². The van der Waals surface area contributed by atoms with Crippen LogP contribution in [0.1, 0.15) is 43.9 Å². The first-order valence-corrected chi connectivity index (χ1v) is 10.7. The summed E-state index contributed by atoms with van der Waals surface area (Å²) < 4.78 is 13.4. The average molecular weight is 398 g/mol. The summed E-state index contributed by atoms with van der Waals surface area (Å²) in [5, 5.41) is 3.16. The second-order valence-electron chi connectivity index (χ2n) is 8.51. The maximum Gasteiger partial charge on any atom is 0.227 e. The molecule has 1 amide bonds. The van der Waals surface area contributed by atoms with Crippen molar-refractivity contribution in [2.75, 3.05) is 26.2 Å². The molecular weight excluding hydrogens is 365 g/mol. The number of halogens is 1. The van der Waals surface area contributed by atoms with Gasteiger partial charge in [-0.05, 0) is 67.6 Å². The van der Waals surface area contributed by atoms with Gasteiger partial charge in [-0.3, -0.25) is 9.78 Å². The summed E-state index contributed by atoms with van der Waals surface area (Å²) in [5.74, 6) is 0.540. The molecule has 1 saturated heterocycles. The number of pyridine rings is 1. The first kappa shape index (κ1) is 21.4. The number of carbonyl (C=O) groups excluding carboxylic acids is 1. The molecule has 1 unspecified atom stereocenters. The summed E-state index contributed by atoms with van der Waals surface area (Å²) in [6.45, 7) is 8.57. The lowest BCUT2D eigenvalue weighted by molar-refractivity contribution is -0.122. The largest absolute Gasteiger partial charge is 0.355 e. The fraction of sp³-hybridized carbons (Fsp3) is 0.500. The van der Waals surface area contributed by atoms with Crippen LogP contribution in [0, 0.1) is 17.7 Å². The van der Waals surface area contributed by atoms with Crippen molar-refractivity contribution in [2.24, 2.45) is 11.8 Å². The van der Waals surface area contributed by atoms with Gasteiger partial charge in [-0.15, -0.1) is 0 Å². The van der Waals surface area contributed by atoms with Crippen molar-refractivity contribution in [2.45, 2.75) is 39.0 Å². The minimum atomic E-state index is -0.369. The molecule has 3 rings (SSSR count). The average Bonchev–Trinajstić information content (AvgIpc) is 2.72. The van der Waals surface area contributed by atoms with E-state index in [0.29, 0.717) is 24.8 Å². The van der Waals surface area contributed by atoms with E-state index in [1.807, 2.05) is 18.2 Å². The first-order chi connectivity index (χ1) is 14.0. The molecule has 0 bridgehead atoms. The van der Waals surface area contributed by atoms with Crippen LogP contribution in [0.4, 0.5) is 4.39 Å². The van der Waals surface area contributed by atoms with Gasteiger partial charge in [0.2, 0.25) is 5.91 Å². The Bertz CT molecular complexity index is 755. The number of nitrogens with zero attached hydrogens (tertiary/aromatic N) is 2. The van der Waals surface area contributed by atoms with Gasteiger partial charge < -0.3 is 10.2 Å². The van der Waals surface area contributed by atoms with Gasteiger partial charge in [0, 0.05) is 31.4 Å². The number of hydrogen-bond donors (Lipinski definition) is 1. The summed E-state index contributed by atoms with van der Waals surface area (Å²) >= 11 is 0. The molecule has 29 heavy (non-hydrogen) atoms. The van der Waals surface area contributed by atoms with Gasteiger partial charge in [0.15, 0.2) is 0 Å². The van der Waals surface area contributed by atoms with Crippen LogP contribution in [0.15, 0.2) is 48.7 Å². The van der Waals surface area contributed by atoms with E-state index in [4.69, 9.17) is 0 Å². The number of piperidine rings is 1. The molecule has 1 aromatic heterocycles. The Hall–Kier alpha value is -2.27. The molecule has 2 heterocycles. The van der Waals surface area contributed by atoms with Crippen LogP contribution in [-0.4, -0.2) is 42.0 Å². The second-order valence-corrected chi connectivity index (χ2v) is 8.51. The highest BCUT2D eigenvalue weighted by Gasteiger charge is 2.24. The number of aromatic nitrogens is 1. The third kappa shape index (κ3) is 6.64. The Morgan fingerprint density at radius 2 is 1.90 bits per heavy atom. The van der Waals surface area contributed by atoms with E-state index in [9.17, 15) is 9.18 Å². The van der Waals surface area contributed by atoms with Crippen LogP contribution in [0.5, 0.6) is 0 Å². The standard InChI is InChI=1S/C24H32FN3O/c1-18(2)17-28-13-10-19(11-14-28)16-27-24(29)23(15-22-5-3-4-12-26-22)20-6-8-21(25)9-7-20/h3-9,12,18-19,23H,10-11,13-17H2,1-2H3,(H,27,29). The molecule has 156 valence electrons. The number of hydrogen-bond acceptors (Lipinski definition) is 3. The third-order valence-corrected chi connectivity index (χ3v) is 5.62. The van der Waals surface area contributed by atoms with Crippen molar-refractivity contribution in [1.29, 1.82) is 0 Å². The second kappa shape index (κ2) is 10.5. The quantitative estimate of drug-likeness (QED) is 0.731. The number of benzene rings is 1. The summed E-state index contributed by atoms with van der Waals surface area (Å²) in [7, 11) is 0. The molecule has 1 aliphatic rings. The van der Waals surface area contributed by atoms with Gasteiger partial charge in [-0.1, -0.05) is 32.0 Å². The third-order valence-electron chi connectivity index (χ3n) is 5.62. The molecule has 4 nitrogen and oxygen atoms in total. The van der Waals surface area contributed by atoms with Crippen LogP contribution < -0.4 is 5.32 Å². The van der Waals surface area contributed by atoms with Crippen molar-refractivity contribution in [3.8, 4) is 0 Å². The van der Waals surface area contributed by atoms with Gasteiger partial charge >= 0.3 is 0 Å². The molecular formula is C24H32FN3O. The summed E-state index contributed by atoms with van der Waals surface area (Å²) in [4.78, 5) is 19.9. The number of carbonyl (C=O) groups is 1. The Morgan fingerprint density at radius 1 is 1.17 bits per heavy atom.